The molecule has 1 aliphatic carbocycles. The molecule has 0 spiro atoms. The van der Waals surface area contributed by atoms with Crippen molar-refractivity contribution in [2.45, 2.75) is 38.2 Å². The zero-order valence-corrected chi connectivity index (χ0v) is 14.0. The van der Waals surface area contributed by atoms with Crippen LogP contribution in [0.5, 0.6) is 11.5 Å². The predicted octanol–water partition coefficient (Wildman–Crippen LogP) is 4.64. The first-order chi connectivity index (χ1) is 11.5. The van der Waals surface area contributed by atoms with Crippen molar-refractivity contribution in [2.75, 3.05) is 0 Å². The molecule has 24 heavy (non-hydrogen) atoms. The van der Waals surface area contributed by atoms with Gasteiger partial charge < -0.3 is 9.84 Å². The minimum absolute atomic E-state index is 0.0315. The number of Topliss-reactive ketones (excluding diaryl/α,β-unsaturated/α-hetero) is 1. The van der Waals surface area contributed by atoms with Gasteiger partial charge in [0, 0.05) is 12.5 Å². The van der Waals surface area contributed by atoms with E-state index in [0.717, 1.165) is 17.5 Å². The molecule has 0 radical (unpaired) electrons. The van der Waals surface area contributed by atoms with E-state index in [1.165, 1.54) is 12.1 Å². The summed E-state index contributed by atoms with van der Waals surface area (Å²) in [5.41, 5.74) is 1.79. The molecule has 0 bridgehead atoms. The maximum absolute atomic E-state index is 13.5. The Morgan fingerprint density at radius 3 is 2.58 bits per heavy atom. The van der Waals surface area contributed by atoms with E-state index in [1.54, 1.807) is 18.2 Å². The molecule has 0 amide bonds. The van der Waals surface area contributed by atoms with E-state index in [-0.39, 0.29) is 10.8 Å². The second kappa shape index (κ2) is 6.91. The molecular weight excluding hydrogens is 331 g/mol. The smallest absolute Gasteiger partial charge is 0.145 e. The van der Waals surface area contributed by atoms with Gasteiger partial charge in [0.25, 0.3) is 0 Å². The van der Waals surface area contributed by atoms with Crippen molar-refractivity contribution in [1.82, 2.24) is 0 Å². The number of benzene rings is 2. The Labute approximate surface area is 145 Å². The van der Waals surface area contributed by atoms with E-state index >= 15 is 0 Å². The average molecular weight is 349 g/mol. The van der Waals surface area contributed by atoms with Crippen LogP contribution in [0.3, 0.4) is 0 Å². The van der Waals surface area contributed by atoms with Crippen LogP contribution in [0.2, 0.25) is 5.02 Å². The van der Waals surface area contributed by atoms with E-state index in [0.29, 0.717) is 24.3 Å². The first-order valence-corrected chi connectivity index (χ1v) is 8.34. The molecule has 0 heterocycles. The third kappa shape index (κ3) is 3.30. The summed E-state index contributed by atoms with van der Waals surface area (Å²) < 4.78 is 19.2. The average Bonchev–Trinajstić information content (AvgIpc) is 2.89. The van der Waals surface area contributed by atoms with Crippen LogP contribution in [0, 0.1) is 5.82 Å². The molecule has 1 aliphatic rings. The number of halogens is 2. The number of hydrogen-bond acceptors (Lipinski definition) is 3. The van der Waals surface area contributed by atoms with Crippen molar-refractivity contribution in [2.24, 2.45) is 0 Å². The summed E-state index contributed by atoms with van der Waals surface area (Å²) in [6.07, 6.45) is 0.968. The van der Waals surface area contributed by atoms with Crippen LogP contribution in [0.15, 0.2) is 36.4 Å². The molecule has 0 aromatic heterocycles. The number of ether oxygens (including phenoxy) is 1. The minimum Gasteiger partial charge on any atom is -0.457 e. The van der Waals surface area contributed by atoms with Gasteiger partial charge in [0.1, 0.15) is 23.1 Å². The maximum Gasteiger partial charge on any atom is 0.145 e. The van der Waals surface area contributed by atoms with Gasteiger partial charge in [-0.2, -0.15) is 0 Å². The Bertz CT molecular complexity index is 775. The number of aliphatic hydroxyl groups is 1. The largest absolute Gasteiger partial charge is 0.457 e. The number of hydrogen-bond donors (Lipinski definition) is 1. The van der Waals surface area contributed by atoms with E-state index in [1.807, 2.05) is 13.0 Å². The molecule has 3 nitrogen and oxygen atoms in total. The Morgan fingerprint density at radius 2 is 1.96 bits per heavy atom. The lowest BCUT2D eigenvalue weighted by Gasteiger charge is -2.18. The monoisotopic (exact) mass is 348 g/mol. The first-order valence-electron chi connectivity index (χ1n) is 7.96. The van der Waals surface area contributed by atoms with Crippen LogP contribution < -0.4 is 4.74 Å². The standard InChI is InChI=1S/C19H18ClFO3/c1-2-11-3-4-12(24-13-5-6-15(20)16(21)10-13)9-14(11)19-17(22)7-8-18(19)23/h3-6,9-10,17,19,22H,2,7-8H2,1H3. The van der Waals surface area contributed by atoms with E-state index < -0.39 is 17.8 Å². The molecule has 1 N–H and O–H groups in total. The maximum atomic E-state index is 13.5. The Kier molecular flexibility index (Phi) is 4.88. The number of ketones is 1. The van der Waals surface area contributed by atoms with Crippen molar-refractivity contribution in [3.63, 3.8) is 0 Å². The van der Waals surface area contributed by atoms with Crippen LogP contribution >= 0.6 is 11.6 Å². The molecule has 2 atom stereocenters. The van der Waals surface area contributed by atoms with E-state index in [4.69, 9.17) is 16.3 Å². The molecular formula is C19H18ClFO3. The second-order valence-electron chi connectivity index (χ2n) is 5.94. The normalized spacial score (nSPS) is 20.4. The molecule has 0 aliphatic heterocycles. The lowest BCUT2D eigenvalue weighted by Crippen LogP contribution is -2.18. The molecule has 1 saturated carbocycles. The molecule has 5 heteroatoms. The van der Waals surface area contributed by atoms with Crippen LogP contribution in [0.1, 0.15) is 36.8 Å². The Balaban J connectivity index is 1.94. The highest BCUT2D eigenvalue weighted by Crippen LogP contribution is 2.36. The third-order valence-electron chi connectivity index (χ3n) is 4.38. The van der Waals surface area contributed by atoms with Crippen LogP contribution in [-0.2, 0) is 11.2 Å². The highest BCUT2D eigenvalue weighted by atomic mass is 35.5. The molecule has 2 unspecified atom stereocenters. The van der Waals surface area contributed by atoms with Crippen molar-refractivity contribution < 1.29 is 19.0 Å². The lowest BCUT2D eigenvalue weighted by molar-refractivity contribution is -0.119. The topological polar surface area (TPSA) is 46.5 Å². The van der Waals surface area contributed by atoms with Gasteiger partial charge in [-0.3, -0.25) is 4.79 Å². The summed E-state index contributed by atoms with van der Waals surface area (Å²) in [4.78, 5) is 12.1. The molecule has 2 aromatic carbocycles. The van der Waals surface area contributed by atoms with E-state index in [9.17, 15) is 14.3 Å². The van der Waals surface area contributed by atoms with Crippen molar-refractivity contribution in [3.8, 4) is 11.5 Å². The van der Waals surface area contributed by atoms with Gasteiger partial charge >= 0.3 is 0 Å². The molecule has 1 fully saturated rings. The van der Waals surface area contributed by atoms with Gasteiger partial charge in [-0.25, -0.2) is 4.39 Å². The fourth-order valence-corrected chi connectivity index (χ4v) is 3.25. The number of aryl methyl sites for hydroxylation is 1. The van der Waals surface area contributed by atoms with Gasteiger partial charge in [-0.1, -0.05) is 24.6 Å². The van der Waals surface area contributed by atoms with Gasteiger partial charge in [-0.05, 0) is 48.2 Å². The zero-order valence-electron chi connectivity index (χ0n) is 13.3. The van der Waals surface area contributed by atoms with Crippen LogP contribution in [-0.4, -0.2) is 17.0 Å². The fourth-order valence-electron chi connectivity index (χ4n) is 3.13. The number of rotatable bonds is 4. The molecule has 0 saturated heterocycles. The van der Waals surface area contributed by atoms with Gasteiger partial charge in [-0.15, -0.1) is 0 Å². The van der Waals surface area contributed by atoms with Crippen molar-refractivity contribution in [3.05, 3.63) is 58.4 Å². The predicted molar refractivity (Wildman–Crippen MR) is 90.3 cm³/mol. The summed E-state index contributed by atoms with van der Waals surface area (Å²) >= 11 is 5.67. The summed E-state index contributed by atoms with van der Waals surface area (Å²) in [6, 6.07) is 9.65. The highest BCUT2D eigenvalue weighted by molar-refractivity contribution is 6.30. The summed E-state index contributed by atoms with van der Waals surface area (Å²) in [7, 11) is 0. The first kappa shape index (κ1) is 16.9. The number of carbonyl (C=O) groups is 1. The summed E-state index contributed by atoms with van der Waals surface area (Å²) in [5.74, 6) is -0.195. The molecule has 3 rings (SSSR count). The van der Waals surface area contributed by atoms with Gasteiger partial charge in [0.15, 0.2) is 0 Å². The van der Waals surface area contributed by atoms with Gasteiger partial charge in [0.2, 0.25) is 0 Å². The Hall–Kier alpha value is -1.91. The van der Waals surface area contributed by atoms with E-state index in [2.05, 4.69) is 0 Å². The summed E-state index contributed by atoms with van der Waals surface area (Å²) in [5, 5.41) is 10.2. The van der Waals surface area contributed by atoms with Crippen LogP contribution in [0.4, 0.5) is 4.39 Å². The van der Waals surface area contributed by atoms with Crippen molar-refractivity contribution >= 4 is 17.4 Å². The number of carbonyl (C=O) groups excluding carboxylic acids is 1. The molecule has 2 aromatic rings. The fraction of sp³-hybridized carbons (Fsp3) is 0.316. The minimum atomic E-state index is -0.661. The van der Waals surface area contributed by atoms with Crippen LogP contribution in [0.25, 0.3) is 0 Å². The summed E-state index contributed by atoms with van der Waals surface area (Å²) in [6.45, 7) is 2.00. The second-order valence-corrected chi connectivity index (χ2v) is 6.35. The van der Waals surface area contributed by atoms with Crippen molar-refractivity contribution in [1.29, 1.82) is 0 Å². The number of aliphatic hydroxyl groups excluding tert-OH is 1. The Morgan fingerprint density at radius 1 is 1.25 bits per heavy atom. The highest BCUT2D eigenvalue weighted by Gasteiger charge is 2.35. The third-order valence-corrected chi connectivity index (χ3v) is 4.68. The van der Waals surface area contributed by atoms with Gasteiger partial charge in [0.05, 0.1) is 17.0 Å². The lowest BCUT2D eigenvalue weighted by atomic mass is 9.89. The molecule has 126 valence electrons. The SMILES string of the molecule is CCc1ccc(Oc2ccc(Cl)c(F)c2)cc1C1C(=O)CCC1O. The zero-order chi connectivity index (χ0) is 17.3. The quantitative estimate of drug-likeness (QED) is 0.875.